The van der Waals surface area contributed by atoms with Crippen LogP contribution in [0.3, 0.4) is 0 Å². The van der Waals surface area contributed by atoms with Crippen LogP contribution in [-0.4, -0.2) is 27.3 Å². The Labute approximate surface area is 140 Å². The third-order valence-corrected chi connectivity index (χ3v) is 3.33. The number of benzene rings is 1. The van der Waals surface area contributed by atoms with Crippen molar-refractivity contribution in [3.63, 3.8) is 0 Å². The highest BCUT2D eigenvalue weighted by molar-refractivity contribution is 5.88. The predicted molar refractivity (Wildman–Crippen MR) is 90.0 cm³/mol. The molecule has 24 heavy (non-hydrogen) atoms. The van der Waals surface area contributed by atoms with Gasteiger partial charge in [0.2, 0.25) is 0 Å². The summed E-state index contributed by atoms with van der Waals surface area (Å²) >= 11 is 0. The molecule has 2 rings (SSSR count). The minimum atomic E-state index is -0.982. The van der Waals surface area contributed by atoms with Crippen molar-refractivity contribution in [2.75, 3.05) is 5.32 Å². The molecule has 0 saturated heterocycles. The van der Waals surface area contributed by atoms with E-state index in [2.05, 4.69) is 20.8 Å². The second-order valence-electron chi connectivity index (χ2n) is 6.36. The normalized spacial score (nSPS) is 11.0. The molecule has 1 aromatic heterocycles. The van der Waals surface area contributed by atoms with Crippen LogP contribution in [0.2, 0.25) is 0 Å². The van der Waals surface area contributed by atoms with Crippen molar-refractivity contribution < 1.29 is 14.7 Å². The van der Waals surface area contributed by atoms with Gasteiger partial charge in [-0.25, -0.2) is 9.59 Å². The molecular formula is C17H20N4O3. The first-order valence-electron chi connectivity index (χ1n) is 7.47. The number of amides is 2. The number of hydrogen-bond acceptors (Lipinski definition) is 4. The lowest BCUT2D eigenvalue weighted by Gasteiger charge is -2.16. The molecule has 0 aliphatic heterocycles. The molecule has 126 valence electrons. The molecule has 0 saturated carbocycles. The predicted octanol–water partition coefficient (Wildman–Crippen LogP) is 2.79. The summed E-state index contributed by atoms with van der Waals surface area (Å²) in [5.41, 5.74) is 1.74. The van der Waals surface area contributed by atoms with Crippen molar-refractivity contribution in [1.82, 2.24) is 15.5 Å². The van der Waals surface area contributed by atoms with Crippen LogP contribution in [-0.2, 0) is 12.0 Å². The summed E-state index contributed by atoms with van der Waals surface area (Å²) in [6.45, 7) is 6.38. The number of aromatic nitrogens is 2. The van der Waals surface area contributed by atoms with Crippen LogP contribution in [0.4, 0.5) is 10.6 Å². The SMILES string of the molecule is CC(C)(C)c1ccc(NC(=O)NCc2ccc(C(=O)O)cc2)nn1. The molecule has 1 aromatic carbocycles. The van der Waals surface area contributed by atoms with Gasteiger partial charge in [0.15, 0.2) is 5.82 Å². The monoisotopic (exact) mass is 328 g/mol. The number of carboxylic acids is 1. The Balaban J connectivity index is 1.88. The molecule has 2 aromatic rings. The molecule has 7 nitrogen and oxygen atoms in total. The van der Waals surface area contributed by atoms with Crippen LogP contribution in [0.5, 0.6) is 0 Å². The number of carbonyl (C=O) groups excluding carboxylic acids is 1. The lowest BCUT2D eigenvalue weighted by Crippen LogP contribution is -2.28. The first-order chi connectivity index (χ1) is 11.3. The molecular weight excluding hydrogens is 308 g/mol. The van der Waals surface area contributed by atoms with Gasteiger partial charge >= 0.3 is 12.0 Å². The molecule has 0 aliphatic rings. The van der Waals surface area contributed by atoms with E-state index >= 15 is 0 Å². The second kappa shape index (κ2) is 7.08. The number of urea groups is 1. The average molecular weight is 328 g/mol. The van der Waals surface area contributed by atoms with Gasteiger partial charge in [-0.3, -0.25) is 5.32 Å². The van der Waals surface area contributed by atoms with E-state index in [0.29, 0.717) is 5.82 Å². The Morgan fingerprint density at radius 3 is 2.21 bits per heavy atom. The van der Waals surface area contributed by atoms with Crippen molar-refractivity contribution in [3.8, 4) is 0 Å². The number of aromatic carboxylic acids is 1. The van der Waals surface area contributed by atoms with Gasteiger partial charge in [0.05, 0.1) is 11.3 Å². The zero-order valence-electron chi connectivity index (χ0n) is 13.8. The molecule has 0 atom stereocenters. The van der Waals surface area contributed by atoms with E-state index in [9.17, 15) is 9.59 Å². The highest BCUT2D eigenvalue weighted by atomic mass is 16.4. The third kappa shape index (κ3) is 4.77. The first kappa shape index (κ1) is 17.4. The summed E-state index contributed by atoms with van der Waals surface area (Å²) in [6.07, 6.45) is 0. The molecule has 7 heteroatoms. The van der Waals surface area contributed by atoms with Gasteiger partial charge < -0.3 is 10.4 Å². The Morgan fingerprint density at radius 1 is 1.04 bits per heavy atom. The molecule has 0 radical (unpaired) electrons. The maximum Gasteiger partial charge on any atom is 0.335 e. The van der Waals surface area contributed by atoms with E-state index in [1.807, 2.05) is 26.8 Å². The number of carbonyl (C=O) groups is 2. The molecule has 3 N–H and O–H groups in total. The van der Waals surface area contributed by atoms with Gasteiger partial charge in [-0.1, -0.05) is 32.9 Å². The van der Waals surface area contributed by atoms with E-state index in [1.165, 1.54) is 12.1 Å². The second-order valence-corrected chi connectivity index (χ2v) is 6.36. The molecule has 0 spiro atoms. The van der Waals surface area contributed by atoms with E-state index in [4.69, 9.17) is 5.11 Å². The van der Waals surface area contributed by atoms with E-state index in [0.717, 1.165) is 11.3 Å². The fourth-order valence-corrected chi connectivity index (χ4v) is 1.91. The first-order valence-corrected chi connectivity index (χ1v) is 7.47. The smallest absolute Gasteiger partial charge is 0.335 e. The zero-order valence-corrected chi connectivity index (χ0v) is 13.8. The molecule has 0 unspecified atom stereocenters. The zero-order chi connectivity index (χ0) is 17.7. The van der Waals surface area contributed by atoms with Crippen LogP contribution >= 0.6 is 0 Å². The van der Waals surface area contributed by atoms with E-state index in [1.54, 1.807) is 18.2 Å². The number of rotatable bonds is 4. The van der Waals surface area contributed by atoms with E-state index < -0.39 is 12.0 Å². The summed E-state index contributed by atoms with van der Waals surface area (Å²) < 4.78 is 0. The number of carboxylic acid groups (broad SMARTS) is 1. The Hall–Kier alpha value is -2.96. The summed E-state index contributed by atoms with van der Waals surface area (Å²) in [5.74, 6) is -0.619. The standard InChI is InChI=1S/C17H20N4O3/c1-17(2,3)13-8-9-14(21-20-13)19-16(24)18-10-11-4-6-12(7-5-11)15(22)23/h4-9H,10H2,1-3H3,(H,22,23)(H2,18,19,21,24). The largest absolute Gasteiger partial charge is 0.478 e. The highest BCUT2D eigenvalue weighted by Gasteiger charge is 2.16. The lowest BCUT2D eigenvalue weighted by atomic mass is 9.92. The fraction of sp³-hybridized carbons (Fsp3) is 0.294. The molecule has 0 bridgehead atoms. The van der Waals surface area contributed by atoms with Crippen LogP contribution in [0.15, 0.2) is 36.4 Å². The summed E-state index contributed by atoms with van der Waals surface area (Å²) in [4.78, 5) is 22.6. The molecule has 0 aliphatic carbocycles. The number of nitrogens with one attached hydrogen (secondary N) is 2. The van der Waals surface area contributed by atoms with Crippen molar-refractivity contribution >= 4 is 17.8 Å². The van der Waals surface area contributed by atoms with Crippen LogP contribution < -0.4 is 10.6 Å². The number of nitrogens with zero attached hydrogens (tertiary/aromatic N) is 2. The van der Waals surface area contributed by atoms with Crippen molar-refractivity contribution in [1.29, 1.82) is 0 Å². The van der Waals surface area contributed by atoms with Crippen LogP contribution in [0.25, 0.3) is 0 Å². The summed E-state index contributed by atoms with van der Waals surface area (Å²) in [7, 11) is 0. The Morgan fingerprint density at radius 2 is 1.71 bits per heavy atom. The van der Waals surface area contributed by atoms with Crippen molar-refractivity contribution in [3.05, 3.63) is 53.2 Å². The van der Waals surface area contributed by atoms with Gasteiger partial charge in [0, 0.05) is 12.0 Å². The number of anilines is 1. The summed E-state index contributed by atoms with van der Waals surface area (Å²) in [5, 5.41) is 22.2. The van der Waals surface area contributed by atoms with Gasteiger partial charge in [0.1, 0.15) is 0 Å². The third-order valence-electron chi connectivity index (χ3n) is 3.33. The quantitative estimate of drug-likeness (QED) is 0.800. The average Bonchev–Trinajstić information content (AvgIpc) is 2.53. The maximum atomic E-state index is 11.9. The van der Waals surface area contributed by atoms with Crippen LogP contribution in [0, 0.1) is 0 Å². The van der Waals surface area contributed by atoms with Crippen molar-refractivity contribution in [2.45, 2.75) is 32.7 Å². The van der Waals surface area contributed by atoms with Crippen LogP contribution in [0.1, 0.15) is 42.4 Å². The molecule has 1 heterocycles. The topological polar surface area (TPSA) is 104 Å². The minimum absolute atomic E-state index is 0.101. The van der Waals surface area contributed by atoms with Gasteiger partial charge in [-0.2, -0.15) is 5.10 Å². The minimum Gasteiger partial charge on any atom is -0.478 e. The number of hydrogen-bond donors (Lipinski definition) is 3. The Kier molecular flexibility index (Phi) is 5.13. The lowest BCUT2D eigenvalue weighted by molar-refractivity contribution is 0.0697. The maximum absolute atomic E-state index is 11.9. The van der Waals surface area contributed by atoms with Gasteiger partial charge in [-0.15, -0.1) is 5.10 Å². The molecule has 0 fully saturated rings. The van der Waals surface area contributed by atoms with E-state index in [-0.39, 0.29) is 17.5 Å². The summed E-state index contributed by atoms with van der Waals surface area (Å²) in [6, 6.07) is 9.42. The van der Waals surface area contributed by atoms with Crippen molar-refractivity contribution in [2.24, 2.45) is 0 Å². The highest BCUT2D eigenvalue weighted by Crippen LogP contribution is 2.19. The van der Waals surface area contributed by atoms with Gasteiger partial charge in [0.25, 0.3) is 0 Å². The fourth-order valence-electron chi connectivity index (χ4n) is 1.91. The Bertz CT molecular complexity index is 719. The van der Waals surface area contributed by atoms with Gasteiger partial charge in [-0.05, 0) is 29.8 Å². The molecule has 2 amide bonds.